The van der Waals surface area contributed by atoms with Crippen LogP contribution in [-0.2, 0) is 6.61 Å². The van der Waals surface area contributed by atoms with Gasteiger partial charge < -0.3 is 10.1 Å². The first-order valence-corrected chi connectivity index (χ1v) is 10.6. The lowest BCUT2D eigenvalue weighted by atomic mass is 10.0. The number of aromatic nitrogens is 1. The molecule has 0 aliphatic carbocycles. The molecule has 140 valence electrons. The molecule has 28 heavy (non-hydrogen) atoms. The zero-order valence-corrected chi connectivity index (χ0v) is 16.6. The summed E-state index contributed by atoms with van der Waals surface area (Å²) in [4.78, 5) is 18.2. The number of nitrogens with one attached hydrogen (secondary N) is 1. The average Bonchev–Trinajstić information content (AvgIpc) is 3.45. The highest BCUT2D eigenvalue weighted by Gasteiger charge is 2.19. The molecule has 0 aliphatic heterocycles. The molecule has 0 aliphatic rings. The molecule has 0 fully saturated rings. The van der Waals surface area contributed by atoms with Gasteiger partial charge in [0, 0.05) is 15.8 Å². The van der Waals surface area contributed by atoms with Crippen LogP contribution in [0.4, 0.5) is 0 Å². The van der Waals surface area contributed by atoms with Gasteiger partial charge in [0.2, 0.25) is 0 Å². The van der Waals surface area contributed by atoms with Crippen LogP contribution < -0.4 is 10.1 Å². The van der Waals surface area contributed by atoms with E-state index in [-0.39, 0.29) is 11.9 Å². The molecular weight excluding hydrogens is 388 g/mol. The van der Waals surface area contributed by atoms with Crippen LogP contribution in [-0.4, -0.2) is 10.9 Å². The Kier molecular flexibility index (Phi) is 5.80. The predicted octanol–water partition coefficient (Wildman–Crippen LogP) is 5.30. The molecule has 1 unspecified atom stereocenters. The molecule has 1 atom stereocenters. The topological polar surface area (TPSA) is 51.2 Å². The van der Waals surface area contributed by atoms with Crippen molar-refractivity contribution in [1.29, 1.82) is 0 Å². The van der Waals surface area contributed by atoms with Gasteiger partial charge in [0.15, 0.2) is 0 Å². The summed E-state index contributed by atoms with van der Waals surface area (Å²) >= 11 is 3.16. The number of hydrogen-bond donors (Lipinski definition) is 1. The SMILES string of the molecule is O=C(NC(c1ccccc1)c1cccs1)c1cccc(OCc2cscn2)c1. The third kappa shape index (κ3) is 4.47. The molecule has 4 rings (SSSR count). The van der Waals surface area contributed by atoms with Crippen LogP contribution in [0, 0.1) is 0 Å². The fourth-order valence-corrected chi connectivity index (χ4v) is 4.17. The van der Waals surface area contributed by atoms with Crippen LogP contribution in [0.3, 0.4) is 0 Å². The molecule has 2 heterocycles. The largest absolute Gasteiger partial charge is 0.487 e. The number of hydrogen-bond acceptors (Lipinski definition) is 5. The molecule has 0 saturated heterocycles. The quantitative estimate of drug-likeness (QED) is 0.453. The molecule has 2 aromatic carbocycles. The van der Waals surface area contributed by atoms with Gasteiger partial charge in [0.1, 0.15) is 12.4 Å². The van der Waals surface area contributed by atoms with Crippen molar-refractivity contribution in [2.75, 3.05) is 0 Å². The lowest BCUT2D eigenvalue weighted by molar-refractivity contribution is 0.0943. The number of carbonyl (C=O) groups is 1. The molecule has 0 bridgehead atoms. The molecule has 2 aromatic heterocycles. The minimum Gasteiger partial charge on any atom is -0.487 e. The molecule has 0 spiro atoms. The van der Waals surface area contributed by atoms with E-state index in [0.29, 0.717) is 17.9 Å². The minimum absolute atomic E-state index is 0.138. The predicted molar refractivity (Wildman–Crippen MR) is 113 cm³/mol. The summed E-state index contributed by atoms with van der Waals surface area (Å²) in [5.41, 5.74) is 4.26. The second-order valence-corrected chi connectivity index (χ2v) is 7.83. The van der Waals surface area contributed by atoms with Crippen LogP contribution >= 0.6 is 22.7 Å². The molecule has 1 amide bonds. The Morgan fingerprint density at radius 1 is 1.07 bits per heavy atom. The van der Waals surface area contributed by atoms with E-state index in [0.717, 1.165) is 16.1 Å². The van der Waals surface area contributed by atoms with Crippen LogP contribution in [0.15, 0.2) is 83.0 Å². The summed E-state index contributed by atoms with van der Waals surface area (Å²) in [6, 6.07) is 21.1. The Morgan fingerprint density at radius 3 is 2.71 bits per heavy atom. The smallest absolute Gasteiger partial charge is 0.252 e. The molecule has 0 saturated carbocycles. The van der Waals surface area contributed by atoms with E-state index < -0.39 is 0 Å². The maximum absolute atomic E-state index is 12.9. The zero-order chi connectivity index (χ0) is 19.2. The van der Waals surface area contributed by atoms with E-state index in [1.807, 2.05) is 65.4 Å². The second kappa shape index (κ2) is 8.82. The Morgan fingerprint density at radius 2 is 1.96 bits per heavy atom. The van der Waals surface area contributed by atoms with E-state index in [4.69, 9.17) is 4.74 Å². The van der Waals surface area contributed by atoms with Crippen molar-refractivity contribution in [2.24, 2.45) is 0 Å². The maximum Gasteiger partial charge on any atom is 0.252 e. The van der Waals surface area contributed by atoms with Gasteiger partial charge >= 0.3 is 0 Å². The molecule has 4 nitrogen and oxygen atoms in total. The number of benzene rings is 2. The highest BCUT2D eigenvalue weighted by molar-refractivity contribution is 7.10. The third-order valence-electron chi connectivity index (χ3n) is 4.20. The zero-order valence-electron chi connectivity index (χ0n) is 14.9. The van der Waals surface area contributed by atoms with E-state index >= 15 is 0 Å². The van der Waals surface area contributed by atoms with E-state index in [2.05, 4.69) is 10.3 Å². The molecule has 6 heteroatoms. The summed E-state index contributed by atoms with van der Waals surface area (Å²) in [6.45, 7) is 0.385. The van der Waals surface area contributed by atoms with Crippen molar-refractivity contribution in [3.63, 3.8) is 0 Å². The standard InChI is InChI=1S/C22H18N2O2S2/c25-22(17-8-4-9-19(12-17)26-13-18-14-27-15-23-18)24-21(20-10-5-11-28-20)16-6-2-1-3-7-16/h1-12,14-15,21H,13H2,(H,24,25). The molecule has 0 radical (unpaired) electrons. The Labute approximate surface area is 171 Å². The van der Waals surface area contributed by atoms with Crippen LogP contribution in [0.25, 0.3) is 0 Å². The van der Waals surface area contributed by atoms with Crippen molar-refractivity contribution >= 4 is 28.6 Å². The highest BCUT2D eigenvalue weighted by atomic mass is 32.1. The lowest BCUT2D eigenvalue weighted by Crippen LogP contribution is -2.28. The summed E-state index contributed by atoms with van der Waals surface area (Å²) < 4.78 is 5.77. The highest BCUT2D eigenvalue weighted by Crippen LogP contribution is 2.26. The van der Waals surface area contributed by atoms with E-state index in [9.17, 15) is 4.79 Å². The Hall–Kier alpha value is -2.96. The van der Waals surface area contributed by atoms with Crippen molar-refractivity contribution < 1.29 is 9.53 Å². The van der Waals surface area contributed by atoms with Gasteiger partial charge in [-0.15, -0.1) is 22.7 Å². The number of rotatable bonds is 7. The lowest BCUT2D eigenvalue weighted by Gasteiger charge is -2.18. The first-order chi connectivity index (χ1) is 13.8. The van der Waals surface area contributed by atoms with E-state index in [1.54, 1.807) is 29.0 Å². The van der Waals surface area contributed by atoms with Crippen molar-refractivity contribution in [2.45, 2.75) is 12.6 Å². The van der Waals surface area contributed by atoms with Crippen LogP contribution in [0.5, 0.6) is 5.75 Å². The van der Waals surface area contributed by atoms with Gasteiger partial charge in [0.25, 0.3) is 5.91 Å². The van der Waals surface area contributed by atoms with Gasteiger partial charge in [-0.1, -0.05) is 42.5 Å². The Bertz CT molecular complexity index is 1020. The van der Waals surface area contributed by atoms with Crippen LogP contribution in [0.2, 0.25) is 0 Å². The van der Waals surface area contributed by atoms with E-state index in [1.165, 1.54) is 11.3 Å². The first-order valence-electron chi connectivity index (χ1n) is 8.79. The summed E-state index contributed by atoms with van der Waals surface area (Å²) in [7, 11) is 0. The Balaban J connectivity index is 1.50. The number of thiazole rings is 1. The molecular formula is C22H18N2O2S2. The van der Waals surface area contributed by atoms with Gasteiger partial charge in [-0.2, -0.15) is 0 Å². The fourth-order valence-electron chi connectivity index (χ4n) is 2.83. The summed E-state index contributed by atoms with van der Waals surface area (Å²) in [6.07, 6.45) is 0. The van der Waals surface area contributed by atoms with Crippen LogP contribution in [0.1, 0.15) is 32.5 Å². The van der Waals surface area contributed by atoms with Gasteiger partial charge in [-0.3, -0.25) is 4.79 Å². The normalized spacial score (nSPS) is 11.7. The van der Waals surface area contributed by atoms with Gasteiger partial charge in [-0.05, 0) is 35.2 Å². The van der Waals surface area contributed by atoms with Gasteiger partial charge in [0.05, 0.1) is 17.2 Å². The first kappa shape index (κ1) is 18.4. The second-order valence-electron chi connectivity index (χ2n) is 6.13. The molecule has 4 aromatic rings. The van der Waals surface area contributed by atoms with Crippen molar-refractivity contribution in [3.8, 4) is 5.75 Å². The van der Waals surface area contributed by atoms with Crippen molar-refractivity contribution in [3.05, 3.63) is 105 Å². The van der Waals surface area contributed by atoms with Gasteiger partial charge in [-0.25, -0.2) is 4.98 Å². The monoisotopic (exact) mass is 406 g/mol. The van der Waals surface area contributed by atoms with Crippen molar-refractivity contribution in [1.82, 2.24) is 10.3 Å². The number of amides is 1. The summed E-state index contributed by atoms with van der Waals surface area (Å²) in [5.74, 6) is 0.509. The average molecular weight is 407 g/mol. The number of nitrogens with zero attached hydrogens (tertiary/aromatic N) is 1. The maximum atomic E-state index is 12.9. The number of thiophene rings is 1. The number of carbonyl (C=O) groups excluding carboxylic acids is 1. The third-order valence-corrected chi connectivity index (χ3v) is 5.77. The summed E-state index contributed by atoms with van der Waals surface area (Å²) in [5, 5.41) is 7.12. The molecule has 1 N–H and O–H groups in total. The fraction of sp³-hybridized carbons (Fsp3) is 0.0909. The minimum atomic E-state index is -0.187. The number of ether oxygens (including phenoxy) is 1.